The monoisotopic (exact) mass is 381 g/mol. The van der Waals surface area contributed by atoms with Gasteiger partial charge >= 0.3 is 5.97 Å². The van der Waals surface area contributed by atoms with Crippen molar-refractivity contribution in [3.8, 4) is 0 Å². The molecule has 1 aromatic carbocycles. The van der Waals surface area contributed by atoms with Crippen LogP contribution in [0.1, 0.15) is 18.5 Å². The number of aryl methyl sites for hydroxylation is 1. The van der Waals surface area contributed by atoms with Gasteiger partial charge in [-0.05, 0) is 25.8 Å². The molecule has 1 aromatic heterocycles. The van der Waals surface area contributed by atoms with E-state index in [1.165, 1.54) is 0 Å². The largest absolute Gasteiger partial charge is 0.480 e. The Kier molecular flexibility index (Phi) is 5.88. The van der Waals surface area contributed by atoms with E-state index >= 15 is 0 Å². The van der Waals surface area contributed by atoms with Crippen LogP contribution in [0, 0.1) is 12.3 Å². The third kappa shape index (κ3) is 4.14. The molecular weight excluding hydrogens is 358 g/mol. The highest BCUT2D eigenvalue weighted by Crippen LogP contribution is 2.28. The normalized spacial score (nSPS) is 12.7. The number of aliphatic carboxylic acids is 1. The first-order valence-corrected chi connectivity index (χ1v) is 9.51. The molecule has 0 aliphatic rings. The van der Waals surface area contributed by atoms with E-state index < -0.39 is 22.0 Å². The molecule has 142 valence electrons. The molecule has 2 aromatic rings. The van der Waals surface area contributed by atoms with E-state index in [1.54, 1.807) is 30.7 Å². The van der Waals surface area contributed by atoms with Crippen LogP contribution in [0.4, 0.5) is 0 Å². The topological polar surface area (TPSA) is 150 Å². The Labute approximate surface area is 151 Å². The van der Waals surface area contributed by atoms with Crippen LogP contribution >= 0.6 is 0 Å². The number of carbonyl (C=O) groups is 1. The van der Waals surface area contributed by atoms with Crippen molar-refractivity contribution in [2.75, 3.05) is 6.54 Å². The van der Waals surface area contributed by atoms with Crippen LogP contribution in [0.15, 0.2) is 29.2 Å². The third-order valence-corrected chi connectivity index (χ3v) is 5.68. The van der Waals surface area contributed by atoms with Gasteiger partial charge in [-0.3, -0.25) is 10.2 Å². The lowest BCUT2D eigenvalue weighted by molar-refractivity contribution is -0.138. The lowest BCUT2D eigenvalue weighted by Gasteiger charge is -2.12. The predicted octanol–water partition coefficient (Wildman–Crippen LogP) is 0.481. The first-order chi connectivity index (χ1) is 12.1. The average Bonchev–Trinajstić information content (AvgIpc) is 2.83. The van der Waals surface area contributed by atoms with E-state index in [0.29, 0.717) is 17.5 Å². The average molecular weight is 381 g/mol. The van der Waals surface area contributed by atoms with Crippen molar-refractivity contribution < 1.29 is 18.3 Å². The number of nitrogens with two attached hydrogens (primary N) is 1. The van der Waals surface area contributed by atoms with Gasteiger partial charge in [0.15, 0.2) is 0 Å². The summed E-state index contributed by atoms with van der Waals surface area (Å²) in [7, 11) is -2.16. The molecule has 0 saturated carbocycles. The molecule has 0 bridgehead atoms. The fraction of sp³-hybridized carbons (Fsp3) is 0.375. The van der Waals surface area contributed by atoms with Crippen LogP contribution < -0.4 is 15.8 Å². The molecule has 9 nitrogen and oxygen atoms in total. The molecule has 0 fully saturated rings. The number of nitrogens with zero attached hydrogens (tertiary/aromatic N) is 1. The molecule has 1 atom stereocenters. The molecule has 1 heterocycles. The quantitative estimate of drug-likeness (QED) is 0.267. The number of fused-ring (bicyclic) bond motifs is 1. The minimum absolute atomic E-state index is 0.134. The van der Waals surface area contributed by atoms with Gasteiger partial charge in [0.2, 0.25) is 5.96 Å². The van der Waals surface area contributed by atoms with Gasteiger partial charge in [0, 0.05) is 30.2 Å². The summed E-state index contributed by atoms with van der Waals surface area (Å²) in [5.41, 5.74) is 6.74. The Bertz CT molecular complexity index is 936. The Morgan fingerprint density at radius 2 is 2.04 bits per heavy atom. The van der Waals surface area contributed by atoms with E-state index in [1.807, 2.05) is 12.1 Å². The van der Waals surface area contributed by atoms with Gasteiger partial charge in [0.1, 0.15) is 10.9 Å². The van der Waals surface area contributed by atoms with Gasteiger partial charge in [-0.15, -0.1) is 0 Å². The maximum absolute atomic E-state index is 12.7. The molecule has 10 heteroatoms. The molecule has 26 heavy (non-hydrogen) atoms. The number of para-hydroxylation sites is 1. The molecule has 0 amide bonds. The van der Waals surface area contributed by atoms with Gasteiger partial charge < -0.3 is 20.7 Å². The number of hydrogen-bond donors (Lipinski definition) is 5. The number of benzene rings is 1. The first-order valence-electron chi connectivity index (χ1n) is 8.02. The summed E-state index contributed by atoms with van der Waals surface area (Å²) in [4.78, 5) is 10.8. The summed E-state index contributed by atoms with van der Waals surface area (Å²) in [6, 6.07) is 6.17. The smallest absolute Gasteiger partial charge is 0.320 e. The second-order valence-electron chi connectivity index (χ2n) is 5.98. The molecule has 1 unspecified atom stereocenters. The highest BCUT2D eigenvalue weighted by atomic mass is 32.2. The molecule has 0 aliphatic heterocycles. The van der Waals surface area contributed by atoms with Crippen molar-refractivity contribution in [3.05, 3.63) is 30.0 Å². The standard InChI is InChI=1S/C16H23N5O4S/c1-10-14(11-6-3-4-8-13(11)21(10)2)26(24,25)20-16(18)19-9-5-7-12(17)15(22)23/h3-4,6,8,12H,5,7,9,17H2,1-2H3,(H,22,23)(H3,18,19,20). The highest BCUT2D eigenvalue weighted by molar-refractivity contribution is 7.90. The molecule has 6 N–H and O–H groups in total. The Hall–Kier alpha value is -2.59. The van der Waals surface area contributed by atoms with Gasteiger partial charge in [0.25, 0.3) is 10.0 Å². The van der Waals surface area contributed by atoms with Crippen molar-refractivity contribution in [1.29, 1.82) is 5.41 Å². The minimum atomic E-state index is -3.94. The number of guanidine groups is 1. The van der Waals surface area contributed by atoms with Crippen LogP contribution in [0.2, 0.25) is 0 Å². The Balaban J connectivity index is 2.06. The van der Waals surface area contributed by atoms with E-state index in [2.05, 4.69) is 10.0 Å². The summed E-state index contributed by atoms with van der Waals surface area (Å²) in [6.07, 6.45) is 0.621. The number of carboxylic acids is 1. The molecule has 2 rings (SSSR count). The zero-order chi connectivity index (χ0) is 19.5. The van der Waals surface area contributed by atoms with Gasteiger partial charge in [0.05, 0.1) is 0 Å². The SMILES string of the molecule is Cc1c(S(=O)(=O)NC(=N)NCCCC(N)C(=O)O)c2ccccc2n1C. The van der Waals surface area contributed by atoms with Crippen molar-refractivity contribution in [1.82, 2.24) is 14.6 Å². The number of aromatic nitrogens is 1. The third-order valence-electron chi connectivity index (χ3n) is 4.16. The molecule has 0 spiro atoms. The fourth-order valence-corrected chi connectivity index (χ4v) is 4.14. The summed E-state index contributed by atoms with van der Waals surface area (Å²) < 4.78 is 29.4. The summed E-state index contributed by atoms with van der Waals surface area (Å²) in [6.45, 7) is 1.94. The van der Waals surface area contributed by atoms with Crippen molar-refractivity contribution in [3.63, 3.8) is 0 Å². The Morgan fingerprint density at radius 3 is 2.69 bits per heavy atom. The lowest BCUT2D eigenvalue weighted by Crippen LogP contribution is -2.41. The van der Waals surface area contributed by atoms with Gasteiger partial charge in [-0.2, -0.15) is 0 Å². The number of carboxylic acid groups (broad SMARTS) is 1. The first kappa shape index (κ1) is 19.7. The minimum Gasteiger partial charge on any atom is -0.480 e. The van der Waals surface area contributed by atoms with E-state index in [0.717, 1.165) is 5.52 Å². The molecule has 0 aliphatic carbocycles. The van der Waals surface area contributed by atoms with Crippen LogP contribution in [0.5, 0.6) is 0 Å². The maximum Gasteiger partial charge on any atom is 0.320 e. The summed E-state index contributed by atoms with van der Waals surface area (Å²) >= 11 is 0. The van der Waals surface area contributed by atoms with Crippen molar-refractivity contribution in [2.24, 2.45) is 12.8 Å². The van der Waals surface area contributed by atoms with Crippen LogP contribution in [0.25, 0.3) is 10.9 Å². The van der Waals surface area contributed by atoms with Crippen molar-refractivity contribution >= 4 is 32.9 Å². The molecule has 0 radical (unpaired) electrons. The van der Waals surface area contributed by atoms with E-state index in [4.69, 9.17) is 16.2 Å². The lowest BCUT2D eigenvalue weighted by atomic mass is 10.2. The van der Waals surface area contributed by atoms with Gasteiger partial charge in [-0.1, -0.05) is 18.2 Å². The summed E-state index contributed by atoms with van der Waals surface area (Å²) in [5, 5.41) is 19.7. The second-order valence-corrected chi connectivity index (χ2v) is 7.60. The van der Waals surface area contributed by atoms with E-state index in [-0.39, 0.29) is 23.8 Å². The second kappa shape index (κ2) is 7.75. The van der Waals surface area contributed by atoms with Crippen LogP contribution in [-0.2, 0) is 21.9 Å². The van der Waals surface area contributed by atoms with Crippen LogP contribution in [0.3, 0.4) is 0 Å². The number of sulfonamides is 1. The van der Waals surface area contributed by atoms with Gasteiger partial charge in [-0.25, -0.2) is 13.1 Å². The van der Waals surface area contributed by atoms with Crippen LogP contribution in [-0.4, -0.2) is 42.6 Å². The summed E-state index contributed by atoms with van der Waals surface area (Å²) in [5.74, 6) is -1.46. The fourth-order valence-electron chi connectivity index (χ4n) is 2.71. The number of hydrogen-bond acceptors (Lipinski definition) is 5. The zero-order valence-corrected chi connectivity index (χ0v) is 15.4. The molecular formula is C16H23N5O4S. The molecule has 0 saturated heterocycles. The number of rotatable bonds is 7. The maximum atomic E-state index is 12.7. The highest BCUT2D eigenvalue weighted by Gasteiger charge is 2.24. The van der Waals surface area contributed by atoms with Crippen molar-refractivity contribution in [2.45, 2.75) is 30.7 Å². The Morgan fingerprint density at radius 1 is 1.38 bits per heavy atom. The van der Waals surface area contributed by atoms with E-state index in [9.17, 15) is 13.2 Å². The number of nitrogens with one attached hydrogen (secondary N) is 3. The zero-order valence-electron chi connectivity index (χ0n) is 14.6. The predicted molar refractivity (Wildman–Crippen MR) is 98.6 cm³/mol.